The molecular formula is C24H42N2O3. The molecule has 166 valence electrons. The minimum Gasteiger partial charge on any atom is -0.444 e. The summed E-state index contributed by atoms with van der Waals surface area (Å²) in [6, 6.07) is -0.322. The molecule has 3 aliphatic rings. The van der Waals surface area contributed by atoms with E-state index in [2.05, 4.69) is 31.4 Å². The fourth-order valence-corrected chi connectivity index (χ4v) is 6.13. The lowest BCUT2D eigenvalue weighted by atomic mass is 9.69. The summed E-state index contributed by atoms with van der Waals surface area (Å²) in [5, 5.41) is 6.25. The fourth-order valence-electron chi connectivity index (χ4n) is 6.13. The molecule has 3 fully saturated rings. The molecule has 0 spiro atoms. The minimum absolute atomic E-state index is 0.0315. The Morgan fingerprint density at radius 3 is 2.24 bits per heavy atom. The quantitative estimate of drug-likeness (QED) is 0.661. The van der Waals surface area contributed by atoms with E-state index in [0.29, 0.717) is 18.3 Å². The van der Waals surface area contributed by atoms with Crippen LogP contribution < -0.4 is 10.6 Å². The van der Waals surface area contributed by atoms with Crippen molar-refractivity contribution in [3.63, 3.8) is 0 Å². The van der Waals surface area contributed by atoms with Crippen LogP contribution in [-0.2, 0) is 9.53 Å². The largest absolute Gasteiger partial charge is 0.444 e. The van der Waals surface area contributed by atoms with E-state index >= 15 is 0 Å². The summed E-state index contributed by atoms with van der Waals surface area (Å²) < 4.78 is 5.45. The first-order valence-electron chi connectivity index (χ1n) is 11.7. The Bertz CT molecular complexity index is 618. The Balaban J connectivity index is 1.67. The molecule has 0 radical (unpaired) electrons. The molecule has 5 nitrogen and oxygen atoms in total. The summed E-state index contributed by atoms with van der Waals surface area (Å²) >= 11 is 0. The van der Waals surface area contributed by atoms with Crippen molar-refractivity contribution < 1.29 is 14.3 Å². The maximum Gasteiger partial charge on any atom is 0.408 e. The van der Waals surface area contributed by atoms with E-state index in [1.165, 1.54) is 32.1 Å². The van der Waals surface area contributed by atoms with Gasteiger partial charge >= 0.3 is 6.09 Å². The summed E-state index contributed by atoms with van der Waals surface area (Å²) in [5.41, 5.74) is -0.185. The molecule has 3 rings (SSSR count). The van der Waals surface area contributed by atoms with Crippen LogP contribution in [0.2, 0.25) is 0 Å². The molecule has 3 aliphatic carbocycles. The van der Waals surface area contributed by atoms with Crippen LogP contribution in [0.5, 0.6) is 0 Å². The number of nitrogens with one attached hydrogen (secondary N) is 2. The van der Waals surface area contributed by atoms with Crippen molar-refractivity contribution in [3.05, 3.63) is 0 Å². The van der Waals surface area contributed by atoms with Crippen molar-refractivity contribution in [2.75, 3.05) is 0 Å². The Kier molecular flexibility index (Phi) is 6.27. The highest BCUT2D eigenvalue weighted by atomic mass is 16.6. The van der Waals surface area contributed by atoms with Gasteiger partial charge in [0.1, 0.15) is 11.6 Å². The SMILES string of the molecule is CC(C)(C)OC(=O)N[C@@H](CC1CCCCC1)C(=O)N[C@H]1C[C@@H]2CC[C@@]1(C)C2(C)C. The maximum atomic E-state index is 13.3. The van der Waals surface area contributed by atoms with Gasteiger partial charge in [-0.1, -0.05) is 52.9 Å². The maximum absolute atomic E-state index is 13.3. The second-order valence-electron chi connectivity index (χ2n) is 11.6. The topological polar surface area (TPSA) is 67.4 Å². The van der Waals surface area contributed by atoms with E-state index in [-0.39, 0.29) is 22.8 Å². The highest BCUT2D eigenvalue weighted by Gasteiger charge is 2.61. The normalized spacial score (nSPS) is 32.6. The third-order valence-corrected chi connectivity index (χ3v) is 8.41. The molecule has 29 heavy (non-hydrogen) atoms. The Morgan fingerprint density at radius 2 is 1.72 bits per heavy atom. The van der Waals surface area contributed by atoms with Crippen LogP contribution in [0.4, 0.5) is 4.79 Å². The molecule has 0 aliphatic heterocycles. The number of fused-ring (bicyclic) bond motifs is 2. The summed E-state index contributed by atoms with van der Waals surface area (Å²) in [7, 11) is 0. The zero-order chi connectivity index (χ0) is 21.4. The Hall–Kier alpha value is -1.26. The fraction of sp³-hybridized carbons (Fsp3) is 0.917. The molecule has 2 bridgehead atoms. The van der Waals surface area contributed by atoms with Crippen molar-refractivity contribution in [3.8, 4) is 0 Å². The highest BCUT2D eigenvalue weighted by Crippen LogP contribution is 2.65. The standard InChI is InChI=1S/C24H42N2O3/c1-22(2,3)29-21(28)25-18(14-16-10-8-7-9-11-16)20(27)26-19-15-17-12-13-24(19,6)23(17,4)5/h16-19H,7-15H2,1-6H3,(H,25,28)(H,26,27)/t17-,18-,19-,24+/m0/s1. The predicted octanol–water partition coefficient (Wildman–Crippen LogP) is 5.18. The predicted molar refractivity (Wildman–Crippen MR) is 116 cm³/mol. The lowest BCUT2D eigenvalue weighted by molar-refractivity contribution is -0.125. The van der Waals surface area contributed by atoms with Gasteiger partial charge in [-0.3, -0.25) is 4.79 Å². The first kappa shape index (κ1) is 22.4. The van der Waals surface area contributed by atoms with Crippen LogP contribution in [0, 0.1) is 22.7 Å². The molecule has 0 aromatic heterocycles. The van der Waals surface area contributed by atoms with Crippen molar-refractivity contribution in [1.82, 2.24) is 10.6 Å². The number of hydrogen-bond acceptors (Lipinski definition) is 3. The third-order valence-electron chi connectivity index (χ3n) is 8.41. The van der Waals surface area contributed by atoms with E-state index in [1.807, 2.05) is 20.8 Å². The number of rotatable bonds is 5. The summed E-state index contributed by atoms with van der Waals surface area (Å²) in [6.45, 7) is 12.6. The van der Waals surface area contributed by atoms with Gasteiger partial charge in [-0.15, -0.1) is 0 Å². The molecule has 0 aromatic rings. The molecule has 4 atom stereocenters. The molecule has 2 amide bonds. The van der Waals surface area contributed by atoms with Crippen LogP contribution in [0.1, 0.15) is 99.3 Å². The molecule has 2 N–H and O–H groups in total. The van der Waals surface area contributed by atoms with Crippen LogP contribution in [0.3, 0.4) is 0 Å². The number of carbonyl (C=O) groups excluding carboxylic acids is 2. The molecule has 0 aromatic carbocycles. The van der Waals surface area contributed by atoms with Crippen LogP contribution >= 0.6 is 0 Å². The first-order valence-corrected chi connectivity index (χ1v) is 11.7. The minimum atomic E-state index is -0.571. The number of amides is 2. The van der Waals surface area contributed by atoms with Crippen LogP contribution in [0.15, 0.2) is 0 Å². The van der Waals surface area contributed by atoms with E-state index in [0.717, 1.165) is 19.3 Å². The molecule has 0 heterocycles. The number of alkyl carbamates (subject to hydrolysis) is 1. The van der Waals surface area contributed by atoms with Crippen molar-refractivity contribution >= 4 is 12.0 Å². The van der Waals surface area contributed by atoms with E-state index < -0.39 is 17.7 Å². The lowest BCUT2D eigenvalue weighted by Crippen LogP contribution is -2.54. The average molecular weight is 407 g/mol. The zero-order valence-electron chi connectivity index (χ0n) is 19.4. The van der Waals surface area contributed by atoms with Crippen LogP contribution in [0.25, 0.3) is 0 Å². The average Bonchev–Trinajstić information content (AvgIpc) is 2.94. The zero-order valence-corrected chi connectivity index (χ0v) is 19.4. The lowest BCUT2D eigenvalue weighted by Gasteiger charge is -2.40. The first-order chi connectivity index (χ1) is 13.4. The number of ether oxygens (including phenoxy) is 1. The van der Waals surface area contributed by atoms with E-state index in [9.17, 15) is 9.59 Å². The van der Waals surface area contributed by atoms with Gasteiger partial charge in [-0.2, -0.15) is 0 Å². The number of hydrogen-bond donors (Lipinski definition) is 2. The van der Waals surface area contributed by atoms with Crippen molar-refractivity contribution in [2.45, 2.75) is 117 Å². The molecule has 3 saturated carbocycles. The third kappa shape index (κ3) is 4.74. The molecule has 0 saturated heterocycles. The van der Waals surface area contributed by atoms with E-state index in [4.69, 9.17) is 4.74 Å². The second kappa shape index (κ2) is 8.11. The van der Waals surface area contributed by atoms with Gasteiger partial charge in [-0.05, 0) is 69.1 Å². The molecule has 5 heteroatoms. The van der Waals surface area contributed by atoms with E-state index in [1.54, 1.807) is 0 Å². The Labute approximate surface area is 177 Å². The van der Waals surface area contributed by atoms with Crippen LogP contribution in [-0.4, -0.2) is 29.7 Å². The molecule has 0 unspecified atom stereocenters. The number of carbonyl (C=O) groups is 2. The summed E-state index contributed by atoms with van der Waals surface area (Å²) in [5.74, 6) is 1.14. The Morgan fingerprint density at radius 1 is 1.07 bits per heavy atom. The van der Waals surface area contributed by atoms with Gasteiger partial charge in [0.2, 0.25) is 5.91 Å². The van der Waals surface area contributed by atoms with Gasteiger partial charge in [0.25, 0.3) is 0 Å². The van der Waals surface area contributed by atoms with Gasteiger partial charge in [0.05, 0.1) is 0 Å². The monoisotopic (exact) mass is 406 g/mol. The summed E-state index contributed by atoms with van der Waals surface area (Å²) in [6.07, 6.45) is 9.73. The van der Waals surface area contributed by atoms with Gasteiger partial charge < -0.3 is 15.4 Å². The second-order valence-corrected chi connectivity index (χ2v) is 11.6. The van der Waals surface area contributed by atoms with Gasteiger partial charge in [0, 0.05) is 6.04 Å². The van der Waals surface area contributed by atoms with Gasteiger partial charge in [0.15, 0.2) is 0 Å². The smallest absolute Gasteiger partial charge is 0.408 e. The summed E-state index contributed by atoms with van der Waals surface area (Å²) in [4.78, 5) is 25.8. The molecular weight excluding hydrogens is 364 g/mol. The van der Waals surface area contributed by atoms with Crippen molar-refractivity contribution in [2.24, 2.45) is 22.7 Å². The highest BCUT2D eigenvalue weighted by molar-refractivity contribution is 5.86. The van der Waals surface area contributed by atoms with Gasteiger partial charge in [-0.25, -0.2) is 4.79 Å². The van der Waals surface area contributed by atoms with Crippen molar-refractivity contribution in [1.29, 1.82) is 0 Å².